The van der Waals surface area contributed by atoms with Crippen molar-refractivity contribution in [3.63, 3.8) is 0 Å². The first kappa shape index (κ1) is 32.7. The molecule has 0 saturated carbocycles. The second kappa shape index (κ2) is 13.5. The molecule has 0 unspecified atom stereocenters. The number of anilines is 3. The van der Waals surface area contributed by atoms with Crippen molar-refractivity contribution in [1.29, 1.82) is 0 Å². The number of hydrogen-bond acceptors (Lipinski definition) is 2. The number of nitrogens with zero attached hydrogens (tertiary/aromatic N) is 1. The van der Waals surface area contributed by atoms with Crippen LogP contribution in [0.15, 0.2) is 182 Å². The molecule has 0 aliphatic heterocycles. The van der Waals surface area contributed by atoms with E-state index in [9.17, 15) is 0 Å². The normalized spacial score (nSPS) is 12.7. The lowest BCUT2D eigenvalue weighted by atomic mass is 9.87. The van der Waals surface area contributed by atoms with Gasteiger partial charge in [-0.05, 0) is 104 Å². The fraction of sp³-hybridized carbons (Fsp3) is 0.0370. The Labute approximate surface area is 330 Å². The van der Waals surface area contributed by atoms with E-state index in [2.05, 4.69) is 205 Å². The molecule has 264 valence electrons. The van der Waals surface area contributed by atoms with Crippen LogP contribution in [0.3, 0.4) is 0 Å². The summed E-state index contributed by atoms with van der Waals surface area (Å²) in [4.78, 5) is 2.45. The molecule has 10 aromatic rings. The molecule has 9 aromatic carbocycles. The minimum atomic E-state index is 1.08. The maximum absolute atomic E-state index is 2.45. The number of para-hydroxylation sites is 1. The lowest BCUT2D eigenvalue weighted by molar-refractivity contribution is 0.998. The van der Waals surface area contributed by atoms with E-state index >= 15 is 0 Å². The summed E-state index contributed by atoms with van der Waals surface area (Å²) in [6.45, 7) is 0. The van der Waals surface area contributed by atoms with E-state index < -0.39 is 0 Å². The molecule has 0 amide bonds. The van der Waals surface area contributed by atoms with Gasteiger partial charge in [-0.15, -0.1) is 11.3 Å². The van der Waals surface area contributed by atoms with Crippen molar-refractivity contribution in [3.8, 4) is 11.1 Å². The smallest absolute Gasteiger partial charge is 0.0540 e. The van der Waals surface area contributed by atoms with Crippen molar-refractivity contribution in [2.24, 2.45) is 0 Å². The van der Waals surface area contributed by atoms with E-state index in [0.29, 0.717) is 0 Å². The monoisotopic (exact) mass is 731 g/mol. The van der Waals surface area contributed by atoms with Crippen LogP contribution < -0.4 is 4.90 Å². The van der Waals surface area contributed by atoms with Crippen LogP contribution in [0.2, 0.25) is 0 Å². The third kappa shape index (κ3) is 5.45. The largest absolute Gasteiger partial charge is 0.309 e. The highest BCUT2D eigenvalue weighted by Gasteiger charge is 2.21. The highest BCUT2D eigenvalue weighted by atomic mass is 32.1. The molecule has 0 bridgehead atoms. The number of benzene rings is 9. The molecule has 1 aliphatic rings. The Morgan fingerprint density at radius 3 is 2.14 bits per heavy atom. The predicted octanol–water partition coefficient (Wildman–Crippen LogP) is 15.8. The van der Waals surface area contributed by atoms with Crippen LogP contribution >= 0.6 is 11.3 Å². The molecular weight excluding hydrogens is 695 g/mol. The Morgan fingerprint density at radius 2 is 1.23 bits per heavy atom. The molecule has 0 saturated heterocycles. The van der Waals surface area contributed by atoms with Gasteiger partial charge in [-0.25, -0.2) is 0 Å². The Bertz CT molecular complexity index is 3180. The Kier molecular flexibility index (Phi) is 7.89. The molecule has 1 nitrogen and oxygen atoms in total. The van der Waals surface area contributed by atoms with Gasteiger partial charge in [0.05, 0.1) is 11.4 Å². The van der Waals surface area contributed by atoms with Gasteiger partial charge in [0.15, 0.2) is 0 Å². The maximum atomic E-state index is 2.45. The van der Waals surface area contributed by atoms with Crippen LogP contribution in [-0.4, -0.2) is 0 Å². The van der Waals surface area contributed by atoms with E-state index in [1.807, 2.05) is 11.3 Å². The predicted molar refractivity (Wildman–Crippen MR) is 245 cm³/mol. The van der Waals surface area contributed by atoms with Gasteiger partial charge in [-0.3, -0.25) is 0 Å². The van der Waals surface area contributed by atoms with Crippen molar-refractivity contribution in [1.82, 2.24) is 0 Å². The van der Waals surface area contributed by atoms with E-state index in [-0.39, 0.29) is 0 Å². The van der Waals surface area contributed by atoms with Crippen LogP contribution in [0.25, 0.3) is 81.8 Å². The quantitative estimate of drug-likeness (QED) is 0.122. The van der Waals surface area contributed by atoms with E-state index in [1.165, 1.54) is 80.3 Å². The summed E-state index contributed by atoms with van der Waals surface area (Å²) in [7, 11) is 0. The van der Waals surface area contributed by atoms with Gasteiger partial charge in [0.1, 0.15) is 0 Å². The Hall–Kier alpha value is -6.74. The zero-order chi connectivity index (χ0) is 37.0. The zero-order valence-electron chi connectivity index (χ0n) is 30.8. The first-order chi connectivity index (χ1) is 27.8. The van der Waals surface area contributed by atoms with Crippen molar-refractivity contribution in [2.45, 2.75) is 12.8 Å². The first-order valence-corrected chi connectivity index (χ1v) is 20.3. The molecule has 2 heteroatoms. The number of fused-ring (bicyclic) bond motifs is 10. The van der Waals surface area contributed by atoms with Gasteiger partial charge in [-0.2, -0.15) is 0 Å². The molecule has 11 rings (SSSR count). The van der Waals surface area contributed by atoms with Crippen LogP contribution in [0.5, 0.6) is 0 Å². The molecule has 1 aliphatic carbocycles. The third-order valence-electron chi connectivity index (χ3n) is 11.5. The molecule has 0 fully saturated rings. The summed E-state index contributed by atoms with van der Waals surface area (Å²) >= 11 is 1.87. The molecule has 56 heavy (non-hydrogen) atoms. The van der Waals surface area contributed by atoms with Gasteiger partial charge in [0, 0.05) is 36.8 Å². The average Bonchev–Trinajstić information content (AvgIpc) is 3.66. The molecule has 1 aromatic heterocycles. The minimum absolute atomic E-state index is 1.08. The maximum Gasteiger partial charge on any atom is 0.0540 e. The molecular formula is C54H37NS. The first-order valence-electron chi connectivity index (χ1n) is 19.5. The second-order valence-electron chi connectivity index (χ2n) is 14.7. The number of rotatable bonds is 6. The number of allylic oxidation sites excluding steroid dienone is 1. The topological polar surface area (TPSA) is 3.24 Å². The second-order valence-corrected chi connectivity index (χ2v) is 15.8. The van der Waals surface area contributed by atoms with Crippen LogP contribution in [0.4, 0.5) is 17.1 Å². The molecule has 0 atom stereocenters. The van der Waals surface area contributed by atoms with E-state index in [0.717, 1.165) is 35.5 Å². The van der Waals surface area contributed by atoms with Crippen molar-refractivity contribution in [3.05, 3.63) is 204 Å². The average molecular weight is 732 g/mol. The zero-order valence-corrected chi connectivity index (χ0v) is 31.6. The summed E-state index contributed by atoms with van der Waals surface area (Å²) < 4.78 is 2.64. The number of hydrogen-bond donors (Lipinski definition) is 0. The molecule has 0 N–H and O–H groups in total. The van der Waals surface area contributed by atoms with Crippen molar-refractivity contribution < 1.29 is 0 Å². The van der Waals surface area contributed by atoms with E-state index in [1.54, 1.807) is 0 Å². The SMILES string of the molecule is C1=Cc2ccc3ccc4cccc(C=Cc5ccc(N(c6ccccc6-c6ccccc6)c6cccc7c6ccc6sc8ccccc8c67)cc5)c4c3c2CC1. The van der Waals surface area contributed by atoms with E-state index in [4.69, 9.17) is 0 Å². The molecule has 0 radical (unpaired) electrons. The summed E-state index contributed by atoms with van der Waals surface area (Å²) in [5, 5.41) is 10.5. The van der Waals surface area contributed by atoms with Gasteiger partial charge in [-0.1, -0.05) is 164 Å². The standard InChI is InChI=1S/C54H37NS/c1-2-12-37(13-3-1)43-17-6-8-21-48(43)55(49-22-11-20-46-45(49)34-35-51-54(46)47-19-7-9-23-50(47)56-51)42-32-25-36(26-33-42)24-27-39-15-10-16-40-30-31-41-29-28-38-14-4-5-18-44(38)53(41)52(39)40/h1-4,6-17,19-35H,5,18H2. The highest BCUT2D eigenvalue weighted by molar-refractivity contribution is 7.26. The van der Waals surface area contributed by atoms with Crippen LogP contribution in [0, 0.1) is 0 Å². The molecule has 1 heterocycles. The Balaban J connectivity index is 1.05. The Morgan fingerprint density at radius 1 is 0.482 bits per heavy atom. The molecule has 0 spiro atoms. The fourth-order valence-corrected chi connectivity index (χ4v) is 10.1. The van der Waals surface area contributed by atoms with Gasteiger partial charge < -0.3 is 4.90 Å². The van der Waals surface area contributed by atoms with Crippen LogP contribution in [0.1, 0.15) is 28.7 Å². The fourth-order valence-electron chi connectivity index (χ4n) is 8.93. The lowest BCUT2D eigenvalue weighted by Gasteiger charge is -2.29. The van der Waals surface area contributed by atoms with Gasteiger partial charge in [0.25, 0.3) is 0 Å². The summed E-state index contributed by atoms with van der Waals surface area (Å²) in [5.41, 5.74) is 11.0. The summed E-state index contributed by atoms with van der Waals surface area (Å²) in [6, 6.07) is 64.7. The summed E-state index contributed by atoms with van der Waals surface area (Å²) in [6.07, 6.45) is 11.3. The van der Waals surface area contributed by atoms with Crippen molar-refractivity contribution >= 4 is 99.1 Å². The highest BCUT2D eigenvalue weighted by Crippen LogP contribution is 2.46. The van der Waals surface area contributed by atoms with Crippen LogP contribution in [-0.2, 0) is 6.42 Å². The summed E-state index contributed by atoms with van der Waals surface area (Å²) in [5.74, 6) is 0. The number of thiophene rings is 1. The third-order valence-corrected chi connectivity index (χ3v) is 12.7. The van der Waals surface area contributed by atoms with Gasteiger partial charge >= 0.3 is 0 Å². The minimum Gasteiger partial charge on any atom is -0.309 e. The van der Waals surface area contributed by atoms with Crippen molar-refractivity contribution in [2.75, 3.05) is 4.90 Å². The van der Waals surface area contributed by atoms with Gasteiger partial charge in [0.2, 0.25) is 0 Å². The number of aryl methyl sites for hydroxylation is 1. The lowest BCUT2D eigenvalue weighted by Crippen LogP contribution is -2.11.